The number of rotatable bonds is 5. The first kappa shape index (κ1) is 17.3. The summed E-state index contributed by atoms with van der Waals surface area (Å²) in [7, 11) is 3.06. The lowest BCUT2D eigenvalue weighted by Crippen LogP contribution is -2.47. The lowest BCUT2D eigenvalue weighted by Gasteiger charge is -2.28. The van der Waals surface area contributed by atoms with E-state index in [1.54, 1.807) is 43.5 Å². The van der Waals surface area contributed by atoms with Crippen molar-refractivity contribution in [1.82, 2.24) is 5.43 Å². The van der Waals surface area contributed by atoms with Crippen molar-refractivity contribution in [3.63, 3.8) is 0 Å². The summed E-state index contributed by atoms with van der Waals surface area (Å²) in [5, 5.41) is 4.14. The summed E-state index contributed by atoms with van der Waals surface area (Å²) >= 11 is 0. The van der Waals surface area contributed by atoms with Crippen LogP contribution in [0.1, 0.15) is 6.42 Å². The number of carbonyl (C=O) groups excluding carboxylic acids is 2. The minimum atomic E-state index is -0.384. The van der Waals surface area contributed by atoms with E-state index in [1.807, 2.05) is 18.2 Å². The van der Waals surface area contributed by atoms with E-state index in [-0.39, 0.29) is 23.9 Å². The Bertz CT molecular complexity index is 849. The summed E-state index contributed by atoms with van der Waals surface area (Å²) in [5.74, 6) is 0.566. The van der Waals surface area contributed by atoms with Crippen LogP contribution in [0.4, 0.5) is 11.4 Å². The number of amides is 2. The molecule has 2 aromatic carbocycles. The van der Waals surface area contributed by atoms with Crippen LogP contribution < -0.4 is 25.2 Å². The number of nitrogens with zero attached hydrogens (tertiary/aromatic N) is 1. The Balaban J connectivity index is 1.79. The molecular formula is C19H19N3O4. The van der Waals surface area contributed by atoms with Crippen LogP contribution in [0, 0.1) is 0 Å². The van der Waals surface area contributed by atoms with Crippen molar-refractivity contribution < 1.29 is 19.1 Å². The molecule has 1 aliphatic heterocycles. The molecule has 2 N–H and O–H groups in total. The number of hydrogen-bond acceptors (Lipinski definition) is 5. The smallest absolute Gasteiger partial charge is 0.273 e. The number of hydrogen-bond donors (Lipinski definition) is 2. The molecule has 2 aromatic rings. The second kappa shape index (κ2) is 7.60. The van der Waals surface area contributed by atoms with Crippen LogP contribution in [0.5, 0.6) is 11.5 Å². The van der Waals surface area contributed by atoms with Crippen LogP contribution in [-0.2, 0) is 9.59 Å². The molecule has 0 saturated heterocycles. The zero-order valence-corrected chi connectivity index (χ0v) is 14.5. The maximum absolute atomic E-state index is 12.6. The van der Waals surface area contributed by atoms with Gasteiger partial charge in [-0.2, -0.15) is 0 Å². The van der Waals surface area contributed by atoms with Crippen LogP contribution in [-0.4, -0.2) is 26.0 Å². The number of nitrogens with one attached hydrogen (secondary N) is 2. The molecule has 1 heterocycles. The quantitative estimate of drug-likeness (QED) is 0.863. The van der Waals surface area contributed by atoms with Crippen LogP contribution in [0.2, 0.25) is 0 Å². The van der Waals surface area contributed by atoms with Crippen molar-refractivity contribution in [1.29, 1.82) is 0 Å². The second-order valence-corrected chi connectivity index (χ2v) is 5.52. The van der Waals surface area contributed by atoms with Gasteiger partial charge >= 0.3 is 0 Å². The highest BCUT2D eigenvalue weighted by molar-refractivity contribution is 6.07. The van der Waals surface area contributed by atoms with Crippen molar-refractivity contribution in [2.24, 2.45) is 0 Å². The lowest BCUT2D eigenvalue weighted by atomic mass is 10.2. The summed E-state index contributed by atoms with van der Waals surface area (Å²) in [6.07, 6.45) is 1.68. The molecule has 0 fully saturated rings. The van der Waals surface area contributed by atoms with Crippen molar-refractivity contribution in [2.45, 2.75) is 6.42 Å². The summed E-state index contributed by atoms with van der Waals surface area (Å²) in [6.45, 7) is 0. The molecule has 0 radical (unpaired) electrons. The van der Waals surface area contributed by atoms with E-state index in [0.717, 1.165) is 0 Å². The highest BCUT2D eigenvalue weighted by atomic mass is 16.5. The van der Waals surface area contributed by atoms with Crippen molar-refractivity contribution in [3.8, 4) is 11.5 Å². The predicted molar refractivity (Wildman–Crippen MR) is 97.9 cm³/mol. The van der Waals surface area contributed by atoms with Gasteiger partial charge in [0.15, 0.2) is 0 Å². The molecule has 0 aliphatic carbocycles. The van der Waals surface area contributed by atoms with Gasteiger partial charge in [-0.25, -0.2) is 5.01 Å². The largest absolute Gasteiger partial charge is 0.497 e. The minimum Gasteiger partial charge on any atom is -0.497 e. The topological polar surface area (TPSA) is 79.9 Å². The highest BCUT2D eigenvalue weighted by Crippen LogP contribution is 2.29. The van der Waals surface area contributed by atoms with Gasteiger partial charge in [-0.1, -0.05) is 18.2 Å². The monoisotopic (exact) mass is 353 g/mol. The molecule has 7 heteroatoms. The predicted octanol–water partition coefficient (Wildman–Crippen LogP) is 2.47. The number of anilines is 2. The van der Waals surface area contributed by atoms with Crippen LogP contribution >= 0.6 is 0 Å². The Labute approximate surface area is 151 Å². The average Bonchev–Trinajstić information content (AvgIpc) is 2.68. The molecule has 1 aliphatic rings. The maximum Gasteiger partial charge on any atom is 0.273 e. The number of methoxy groups -OCH3 is 2. The van der Waals surface area contributed by atoms with Gasteiger partial charge in [0.25, 0.3) is 5.91 Å². The van der Waals surface area contributed by atoms with E-state index in [2.05, 4.69) is 10.7 Å². The number of para-hydroxylation sites is 1. The van der Waals surface area contributed by atoms with Crippen molar-refractivity contribution in [3.05, 3.63) is 60.3 Å². The van der Waals surface area contributed by atoms with Gasteiger partial charge in [0.05, 0.1) is 25.6 Å². The molecule has 0 atom stereocenters. The van der Waals surface area contributed by atoms with Crippen LogP contribution in [0.15, 0.2) is 60.3 Å². The Morgan fingerprint density at radius 2 is 1.88 bits per heavy atom. The van der Waals surface area contributed by atoms with Gasteiger partial charge in [0.1, 0.15) is 17.2 Å². The zero-order valence-electron chi connectivity index (χ0n) is 14.5. The van der Waals surface area contributed by atoms with Crippen LogP contribution in [0.3, 0.4) is 0 Å². The van der Waals surface area contributed by atoms with Gasteiger partial charge in [0.2, 0.25) is 5.91 Å². The molecular weight excluding hydrogens is 334 g/mol. The van der Waals surface area contributed by atoms with E-state index < -0.39 is 0 Å². The minimum absolute atomic E-state index is 0.125. The molecule has 134 valence electrons. The average molecular weight is 353 g/mol. The normalized spacial score (nSPS) is 13.5. The summed E-state index contributed by atoms with van der Waals surface area (Å²) in [4.78, 5) is 24.8. The van der Waals surface area contributed by atoms with Crippen LogP contribution in [0.25, 0.3) is 0 Å². The van der Waals surface area contributed by atoms with Gasteiger partial charge in [-0.05, 0) is 30.3 Å². The number of hydrazine groups is 1. The Morgan fingerprint density at radius 1 is 1.12 bits per heavy atom. The fraction of sp³-hybridized carbons (Fsp3) is 0.158. The third-order valence-electron chi connectivity index (χ3n) is 3.88. The van der Waals surface area contributed by atoms with Crippen molar-refractivity contribution in [2.75, 3.05) is 24.5 Å². The Kier molecular flexibility index (Phi) is 5.07. The first-order chi connectivity index (χ1) is 12.6. The molecule has 0 saturated carbocycles. The molecule has 26 heavy (non-hydrogen) atoms. The fourth-order valence-electron chi connectivity index (χ4n) is 2.54. The van der Waals surface area contributed by atoms with Gasteiger partial charge in [0, 0.05) is 12.5 Å². The van der Waals surface area contributed by atoms with Crippen molar-refractivity contribution >= 4 is 23.2 Å². The van der Waals surface area contributed by atoms with Gasteiger partial charge in [-0.3, -0.25) is 15.0 Å². The first-order valence-electron chi connectivity index (χ1n) is 8.00. The summed E-state index contributed by atoms with van der Waals surface area (Å²) in [5.41, 5.74) is 4.28. The molecule has 0 spiro atoms. The second-order valence-electron chi connectivity index (χ2n) is 5.52. The Morgan fingerprint density at radius 3 is 2.58 bits per heavy atom. The number of benzene rings is 2. The van der Waals surface area contributed by atoms with E-state index >= 15 is 0 Å². The highest BCUT2D eigenvalue weighted by Gasteiger charge is 2.24. The summed E-state index contributed by atoms with van der Waals surface area (Å²) in [6, 6.07) is 14.2. The Hall–Kier alpha value is -3.48. The third kappa shape index (κ3) is 3.61. The maximum atomic E-state index is 12.6. The molecule has 0 bridgehead atoms. The van der Waals surface area contributed by atoms with Gasteiger partial charge in [-0.15, -0.1) is 0 Å². The molecule has 0 aromatic heterocycles. The van der Waals surface area contributed by atoms with E-state index in [1.165, 1.54) is 12.1 Å². The lowest BCUT2D eigenvalue weighted by molar-refractivity contribution is -0.119. The molecule has 7 nitrogen and oxygen atoms in total. The third-order valence-corrected chi connectivity index (χ3v) is 3.88. The molecule has 3 rings (SSSR count). The molecule has 2 amide bonds. The standard InChI is InChI=1S/C19H19N3O4/c1-25-14-8-10-17(26-2)16(12-14)20-19(24)15-9-11-18(23)22(21-15)13-6-4-3-5-7-13/h3-10,12,21H,11H2,1-2H3,(H,20,24). The number of ether oxygens (including phenoxy) is 2. The number of carbonyl (C=O) groups is 2. The first-order valence-corrected chi connectivity index (χ1v) is 8.00. The molecule has 0 unspecified atom stereocenters. The van der Waals surface area contributed by atoms with Gasteiger partial charge < -0.3 is 14.8 Å². The van der Waals surface area contributed by atoms with E-state index in [0.29, 0.717) is 22.9 Å². The zero-order chi connectivity index (χ0) is 18.5. The summed E-state index contributed by atoms with van der Waals surface area (Å²) < 4.78 is 10.4. The SMILES string of the molecule is COc1ccc(OC)c(NC(=O)C2=CCC(=O)N(c3ccccc3)N2)c1. The van der Waals surface area contributed by atoms with E-state index in [4.69, 9.17) is 9.47 Å². The fourth-order valence-corrected chi connectivity index (χ4v) is 2.54. The van der Waals surface area contributed by atoms with E-state index in [9.17, 15) is 9.59 Å².